The molecule has 0 bridgehead atoms. The van der Waals surface area contributed by atoms with E-state index in [2.05, 4.69) is 25.9 Å². The number of rotatable bonds is 3. The van der Waals surface area contributed by atoms with E-state index < -0.39 is 5.60 Å². The van der Waals surface area contributed by atoms with Crippen molar-refractivity contribution >= 4 is 27.8 Å². The quantitative estimate of drug-likeness (QED) is 0.800. The first-order valence-corrected chi connectivity index (χ1v) is 5.98. The van der Waals surface area contributed by atoms with Crippen LogP contribution in [-0.2, 0) is 9.53 Å². The SMILES string of the molecule is CN(CC(=O)OC(C)(C)C)c1ncc(Br)cn1. The molecular formula is C11H16BrN3O2. The van der Waals surface area contributed by atoms with E-state index in [0.29, 0.717) is 5.95 Å². The second-order valence-electron chi connectivity index (χ2n) is 4.64. The van der Waals surface area contributed by atoms with Crippen molar-refractivity contribution in [1.82, 2.24) is 9.97 Å². The molecule has 0 aromatic carbocycles. The zero-order valence-corrected chi connectivity index (χ0v) is 12.0. The van der Waals surface area contributed by atoms with Crippen LogP contribution in [0.15, 0.2) is 16.9 Å². The number of anilines is 1. The largest absolute Gasteiger partial charge is 0.459 e. The molecule has 17 heavy (non-hydrogen) atoms. The van der Waals surface area contributed by atoms with E-state index in [1.54, 1.807) is 24.3 Å². The van der Waals surface area contributed by atoms with Crippen LogP contribution in [0.5, 0.6) is 0 Å². The van der Waals surface area contributed by atoms with Gasteiger partial charge in [-0.15, -0.1) is 0 Å². The molecule has 0 saturated carbocycles. The lowest BCUT2D eigenvalue weighted by atomic mass is 10.2. The van der Waals surface area contributed by atoms with Gasteiger partial charge in [0.15, 0.2) is 0 Å². The van der Waals surface area contributed by atoms with E-state index in [0.717, 1.165) is 4.47 Å². The number of ether oxygens (including phenoxy) is 1. The van der Waals surface area contributed by atoms with Crippen molar-refractivity contribution in [3.63, 3.8) is 0 Å². The third kappa shape index (κ3) is 5.12. The van der Waals surface area contributed by atoms with E-state index in [9.17, 15) is 4.79 Å². The molecule has 94 valence electrons. The van der Waals surface area contributed by atoms with Crippen LogP contribution in [-0.4, -0.2) is 35.1 Å². The molecule has 0 amide bonds. The molecular weight excluding hydrogens is 286 g/mol. The molecule has 0 saturated heterocycles. The minimum atomic E-state index is -0.474. The van der Waals surface area contributed by atoms with Gasteiger partial charge in [-0.2, -0.15) is 0 Å². The van der Waals surface area contributed by atoms with Crippen molar-refractivity contribution in [3.05, 3.63) is 16.9 Å². The normalized spacial score (nSPS) is 11.1. The van der Waals surface area contributed by atoms with Crippen molar-refractivity contribution in [1.29, 1.82) is 0 Å². The van der Waals surface area contributed by atoms with E-state index in [1.807, 2.05) is 20.8 Å². The summed E-state index contributed by atoms with van der Waals surface area (Å²) >= 11 is 3.25. The number of aromatic nitrogens is 2. The van der Waals surface area contributed by atoms with Gasteiger partial charge in [-0.1, -0.05) is 0 Å². The molecule has 1 aromatic heterocycles. The van der Waals surface area contributed by atoms with Crippen LogP contribution in [0.4, 0.5) is 5.95 Å². The van der Waals surface area contributed by atoms with Crippen LogP contribution < -0.4 is 4.90 Å². The molecule has 0 atom stereocenters. The van der Waals surface area contributed by atoms with Crippen LogP contribution in [0.25, 0.3) is 0 Å². The van der Waals surface area contributed by atoms with Gasteiger partial charge in [0.25, 0.3) is 0 Å². The third-order valence-electron chi connectivity index (χ3n) is 1.73. The number of nitrogens with zero attached hydrogens (tertiary/aromatic N) is 3. The fourth-order valence-corrected chi connectivity index (χ4v) is 1.35. The van der Waals surface area contributed by atoms with Gasteiger partial charge >= 0.3 is 5.97 Å². The summed E-state index contributed by atoms with van der Waals surface area (Å²) in [5.41, 5.74) is -0.474. The maximum atomic E-state index is 11.6. The molecule has 1 aromatic rings. The zero-order valence-electron chi connectivity index (χ0n) is 10.4. The van der Waals surface area contributed by atoms with Gasteiger partial charge < -0.3 is 9.64 Å². The van der Waals surface area contributed by atoms with Gasteiger partial charge in [0, 0.05) is 19.4 Å². The van der Waals surface area contributed by atoms with Crippen LogP contribution >= 0.6 is 15.9 Å². The van der Waals surface area contributed by atoms with E-state index in [-0.39, 0.29) is 12.5 Å². The Morgan fingerprint density at radius 2 is 1.94 bits per heavy atom. The fourth-order valence-electron chi connectivity index (χ4n) is 1.14. The summed E-state index contributed by atoms with van der Waals surface area (Å²) in [5.74, 6) is 0.186. The topological polar surface area (TPSA) is 55.3 Å². The fraction of sp³-hybridized carbons (Fsp3) is 0.545. The predicted octanol–water partition coefficient (Wildman–Crippen LogP) is 2.02. The molecule has 0 radical (unpaired) electrons. The highest BCUT2D eigenvalue weighted by Gasteiger charge is 2.18. The second-order valence-corrected chi connectivity index (χ2v) is 5.56. The molecule has 1 heterocycles. The molecule has 0 N–H and O–H groups in total. The highest BCUT2D eigenvalue weighted by Crippen LogP contribution is 2.11. The standard InChI is InChI=1S/C11H16BrN3O2/c1-11(2,3)17-9(16)7-15(4)10-13-5-8(12)6-14-10/h5-6H,7H2,1-4H3. The Kier molecular flexibility index (Phi) is 4.45. The number of likely N-dealkylation sites (N-methyl/N-ethyl adjacent to an activating group) is 1. The molecule has 5 nitrogen and oxygen atoms in total. The molecule has 0 spiro atoms. The van der Waals surface area contributed by atoms with Crippen molar-refractivity contribution in [2.75, 3.05) is 18.5 Å². The second kappa shape index (κ2) is 5.44. The number of carbonyl (C=O) groups is 1. The van der Waals surface area contributed by atoms with Crippen molar-refractivity contribution in [2.24, 2.45) is 0 Å². The van der Waals surface area contributed by atoms with E-state index >= 15 is 0 Å². The Morgan fingerprint density at radius 3 is 2.41 bits per heavy atom. The van der Waals surface area contributed by atoms with E-state index in [4.69, 9.17) is 4.74 Å². The van der Waals surface area contributed by atoms with Crippen LogP contribution in [0, 0.1) is 0 Å². The smallest absolute Gasteiger partial charge is 0.326 e. The Balaban J connectivity index is 2.57. The summed E-state index contributed by atoms with van der Waals surface area (Å²) in [6.45, 7) is 5.63. The maximum Gasteiger partial charge on any atom is 0.326 e. The zero-order chi connectivity index (χ0) is 13.1. The average Bonchev–Trinajstić information content (AvgIpc) is 2.15. The van der Waals surface area contributed by atoms with Crippen molar-refractivity contribution in [3.8, 4) is 0 Å². The lowest BCUT2D eigenvalue weighted by Gasteiger charge is -2.22. The van der Waals surface area contributed by atoms with Crippen LogP contribution in [0.2, 0.25) is 0 Å². The molecule has 0 aliphatic carbocycles. The summed E-state index contributed by atoms with van der Waals surface area (Å²) in [6, 6.07) is 0. The summed E-state index contributed by atoms with van der Waals surface area (Å²) in [4.78, 5) is 21.4. The first-order valence-electron chi connectivity index (χ1n) is 5.18. The van der Waals surface area contributed by atoms with Crippen LogP contribution in [0.3, 0.4) is 0 Å². The number of hydrogen-bond donors (Lipinski definition) is 0. The number of carbonyl (C=O) groups excluding carboxylic acids is 1. The Bertz CT molecular complexity index is 387. The summed E-state index contributed by atoms with van der Waals surface area (Å²) < 4.78 is 6.01. The summed E-state index contributed by atoms with van der Waals surface area (Å²) in [7, 11) is 1.74. The Hall–Kier alpha value is -1.17. The Morgan fingerprint density at radius 1 is 1.41 bits per heavy atom. The predicted molar refractivity (Wildman–Crippen MR) is 68.8 cm³/mol. The maximum absolute atomic E-state index is 11.6. The van der Waals surface area contributed by atoms with Crippen LogP contribution in [0.1, 0.15) is 20.8 Å². The summed E-state index contributed by atoms with van der Waals surface area (Å²) in [6.07, 6.45) is 3.27. The highest BCUT2D eigenvalue weighted by molar-refractivity contribution is 9.10. The minimum Gasteiger partial charge on any atom is -0.459 e. The van der Waals surface area contributed by atoms with Gasteiger partial charge in [-0.05, 0) is 36.7 Å². The molecule has 6 heteroatoms. The first kappa shape index (κ1) is 13.9. The highest BCUT2D eigenvalue weighted by atomic mass is 79.9. The number of halogens is 1. The molecule has 0 fully saturated rings. The monoisotopic (exact) mass is 301 g/mol. The van der Waals surface area contributed by atoms with E-state index in [1.165, 1.54) is 0 Å². The van der Waals surface area contributed by atoms with Gasteiger partial charge in [-0.25, -0.2) is 9.97 Å². The first-order chi connectivity index (χ1) is 7.78. The molecule has 0 aliphatic heterocycles. The molecule has 0 aliphatic rings. The van der Waals surface area contributed by atoms with Crippen molar-refractivity contribution < 1.29 is 9.53 Å². The third-order valence-corrected chi connectivity index (χ3v) is 2.14. The van der Waals surface area contributed by atoms with Gasteiger partial charge in [0.1, 0.15) is 12.1 Å². The minimum absolute atomic E-state index is 0.124. The average molecular weight is 302 g/mol. The molecule has 0 unspecified atom stereocenters. The van der Waals surface area contributed by atoms with Gasteiger partial charge in [0.2, 0.25) is 5.95 Å². The number of esters is 1. The van der Waals surface area contributed by atoms with Gasteiger partial charge in [-0.3, -0.25) is 4.79 Å². The number of hydrogen-bond acceptors (Lipinski definition) is 5. The molecule has 1 rings (SSSR count). The lowest BCUT2D eigenvalue weighted by molar-refractivity contribution is -0.152. The van der Waals surface area contributed by atoms with Crippen molar-refractivity contribution in [2.45, 2.75) is 26.4 Å². The Labute approximate surface area is 109 Å². The van der Waals surface area contributed by atoms with Gasteiger partial charge in [0.05, 0.1) is 4.47 Å². The lowest BCUT2D eigenvalue weighted by Crippen LogP contribution is -2.33. The summed E-state index contributed by atoms with van der Waals surface area (Å²) in [5, 5.41) is 0.